The minimum absolute atomic E-state index is 0.984. The fourth-order valence-corrected chi connectivity index (χ4v) is 2.53. The molecule has 0 unspecified atom stereocenters. The fraction of sp³-hybridized carbons (Fsp3) is 0.176. The molecule has 0 radical (unpaired) electrons. The minimum Gasteiger partial charge on any atom is -0.370 e. The number of aryl methyl sites for hydroxylation is 1. The Kier molecular flexibility index (Phi) is 2.67. The van der Waals surface area contributed by atoms with Crippen LogP contribution in [0, 0.1) is 6.92 Å². The molecule has 0 aromatic heterocycles. The lowest BCUT2D eigenvalue weighted by Gasteiger charge is -2.25. The Morgan fingerprint density at radius 1 is 1.06 bits per heavy atom. The van der Waals surface area contributed by atoms with Gasteiger partial charge < -0.3 is 4.90 Å². The monoisotopic (exact) mass is 235 g/mol. The zero-order valence-corrected chi connectivity index (χ0v) is 10.9. The van der Waals surface area contributed by atoms with Crippen molar-refractivity contribution in [3.63, 3.8) is 0 Å². The van der Waals surface area contributed by atoms with Gasteiger partial charge in [-0.2, -0.15) is 0 Å². The summed E-state index contributed by atoms with van der Waals surface area (Å²) in [6.07, 6.45) is 6.52. The van der Waals surface area contributed by atoms with Crippen molar-refractivity contribution >= 4 is 16.5 Å². The molecular formula is C17H17N. The smallest absolute Gasteiger partial charge is 0.0442 e. The lowest BCUT2D eigenvalue weighted by atomic mass is 9.98. The summed E-state index contributed by atoms with van der Waals surface area (Å²) in [4.78, 5) is 2.29. The van der Waals surface area contributed by atoms with Gasteiger partial charge in [-0.15, -0.1) is 0 Å². The number of hydrogen-bond donors (Lipinski definition) is 0. The summed E-state index contributed by atoms with van der Waals surface area (Å²) < 4.78 is 0. The highest BCUT2D eigenvalue weighted by molar-refractivity contribution is 5.87. The third-order valence-electron chi connectivity index (χ3n) is 3.55. The van der Waals surface area contributed by atoms with Crippen LogP contribution in [-0.2, 0) is 0 Å². The second-order valence-corrected chi connectivity index (χ2v) is 4.87. The van der Waals surface area contributed by atoms with E-state index >= 15 is 0 Å². The van der Waals surface area contributed by atoms with Gasteiger partial charge in [0.15, 0.2) is 0 Å². The van der Waals surface area contributed by atoms with Crippen molar-refractivity contribution in [2.24, 2.45) is 0 Å². The molecule has 0 aliphatic carbocycles. The summed E-state index contributed by atoms with van der Waals surface area (Å²) in [5.74, 6) is 0. The normalized spacial score (nSPS) is 15.0. The predicted molar refractivity (Wildman–Crippen MR) is 78.4 cm³/mol. The largest absolute Gasteiger partial charge is 0.370 e. The Morgan fingerprint density at radius 2 is 1.78 bits per heavy atom. The summed E-state index contributed by atoms with van der Waals surface area (Å²) >= 11 is 0. The zero-order valence-electron chi connectivity index (χ0n) is 10.9. The number of likely N-dealkylation sites (N-methyl/N-ethyl adjacent to an activating group) is 1. The first-order valence-corrected chi connectivity index (χ1v) is 6.33. The first kappa shape index (κ1) is 11.1. The number of nitrogens with zero attached hydrogens (tertiary/aromatic N) is 1. The molecule has 1 aliphatic rings. The average molecular weight is 235 g/mol. The lowest BCUT2D eigenvalue weighted by molar-refractivity contribution is 0.531. The maximum Gasteiger partial charge on any atom is 0.0442 e. The molecule has 0 atom stereocenters. The topological polar surface area (TPSA) is 3.24 Å². The highest BCUT2D eigenvalue weighted by atomic mass is 15.1. The van der Waals surface area contributed by atoms with Gasteiger partial charge in [0.2, 0.25) is 0 Å². The molecule has 2 aromatic carbocycles. The van der Waals surface area contributed by atoms with Gasteiger partial charge in [-0.25, -0.2) is 0 Å². The van der Waals surface area contributed by atoms with Gasteiger partial charge in [0.1, 0.15) is 0 Å². The molecule has 0 bridgehead atoms. The minimum atomic E-state index is 0.984. The van der Waals surface area contributed by atoms with Crippen LogP contribution in [-0.4, -0.2) is 18.5 Å². The van der Waals surface area contributed by atoms with Gasteiger partial charge in [-0.05, 0) is 35.4 Å². The van der Waals surface area contributed by atoms with Crippen molar-refractivity contribution < 1.29 is 0 Å². The Bertz CT molecular complexity index is 650. The SMILES string of the molecule is Cc1cc2ccccc2cc1C1=CC=CCN1C. The molecule has 0 amide bonds. The summed E-state index contributed by atoms with van der Waals surface area (Å²) in [5, 5.41) is 2.62. The van der Waals surface area contributed by atoms with Crippen molar-refractivity contribution in [2.45, 2.75) is 6.92 Å². The second-order valence-electron chi connectivity index (χ2n) is 4.87. The molecule has 1 nitrogen and oxygen atoms in total. The van der Waals surface area contributed by atoms with E-state index in [4.69, 9.17) is 0 Å². The van der Waals surface area contributed by atoms with Crippen LogP contribution in [0.2, 0.25) is 0 Å². The van der Waals surface area contributed by atoms with Gasteiger partial charge in [-0.1, -0.05) is 42.5 Å². The summed E-state index contributed by atoms with van der Waals surface area (Å²) in [6, 6.07) is 13.1. The van der Waals surface area contributed by atoms with E-state index in [1.165, 1.54) is 27.6 Å². The van der Waals surface area contributed by atoms with Crippen LogP contribution in [0.1, 0.15) is 11.1 Å². The highest BCUT2D eigenvalue weighted by Gasteiger charge is 2.11. The van der Waals surface area contributed by atoms with E-state index in [9.17, 15) is 0 Å². The molecule has 18 heavy (non-hydrogen) atoms. The van der Waals surface area contributed by atoms with Gasteiger partial charge >= 0.3 is 0 Å². The number of benzene rings is 2. The molecule has 1 heterocycles. The van der Waals surface area contributed by atoms with E-state index in [-0.39, 0.29) is 0 Å². The first-order chi connectivity index (χ1) is 8.75. The Hall–Kier alpha value is -2.02. The maximum absolute atomic E-state index is 2.30. The van der Waals surface area contributed by atoms with E-state index in [0.717, 1.165) is 6.54 Å². The number of allylic oxidation sites excluding steroid dienone is 2. The third-order valence-corrected chi connectivity index (χ3v) is 3.55. The Labute approximate surface area is 108 Å². The van der Waals surface area contributed by atoms with Crippen LogP contribution in [0.5, 0.6) is 0 Å². The quantitative estimate of drug-likeness (QED) is 0.722. The van der Waals surface area contributed by atoms with E-state index in [2.05, 4.69) is 73.5 Å². The van der Waals surface area contributed by atoms with Gasteiger partial charge in [0, 0.05) is 24.9 Å². The summed E-state index contributed by atoms with van der Waals surface area (Å²) in [6.45, 7) is 3.17. The maximum atomic E-state index is 2.30. The molecule has 1 aliphatic heterocycles. The zero-order chi connectivity index (χ0) is 12.5. The van der Waals surface area contributed by atoms with Crippen LogP contribution < -0.4 is 0 Å². The van der Waals surface area contributed by atoms with Crippen LogP contribution in [0.25, 0.3) is 16.5 Å². The number of hydrogen-bond acceptors (Lipinski definition) is 1. The molecule has 0 spiro atoms. The summed E-state index contributed by atoms with van der Waals surface area (Å²) in [5.41, 5.74) is 3.98. The second kappa shape index (κ2) is 4.34. The van der Waals surface area contributed by atoms with Crippen molar-refractivity contribution in [3.8, 4) is 0 Å². The number of rotatable bonds is 1. The van der Waals surface area contributed by atoms with E-state index in [1.54, 1.807) is 0 Å². The van der Waals surface area contributed by atoms with E-state index in [1.807, 2.05) is 0 Å². The van der Waals surface area contributed by atoms with Crippen molar-refractivity contribution in [1.82, 2.24) is 4.90 Å². The van der Waals surface area contributed by atoms with Gasteiger partial charge in [0.25, 0.3) is 0 Å². The standard InChI is InChI=1S/C17H17N/c1-13-11-14-7-3-4-8-15(14)12-16(13)17-9-5-6-10-18(17)2/h3-9,11-12H,10H2,1-2H3. The van der Waals surface area contributed by atoms with E-state index < -0.39 is 0 Å². The van der Waals surface area contributed by atoms with Gasteiger partial charge in [-0.3, -0.25) is 0 Å². The summed E-state index contributed by atoms with van der Waals surface area (Å²) in [7, 11) is 2.14. The molecule has 0 saturated carbocycles. The molecule has 3 rings (SSSR count). The number of fused-ring (bicyclic) bond motifs is 1. The Balaban J connectivity index is 2.20. The van der Waals surface area contributed by atoms with Crippen LogP contribution in [0.3, 0.4) is 0 Å². The first-order valence-electron chi connectivity index (χ1n) is 6.33. The molecule has 2 aromatic rings. The average Bonchev–Trinajstić information content (AvgIpc) is 2.39. The van der Waals surface area contributed by atoms with E-state index in [0.29, 0.717) is 0 Å². The van der Waals surface area contributed by atoms with Crippen molar-refractivity contribution in [2.75, 3.05) is 13.6 Å². The fourth-order valence-electron chi connectivity index (χ4n) is 2.53. The molecule has 90 valence electrons. The molecule has 1 heteroatoms. The van der Waals surface area contributed by atoms with Crippen LogP contribution in [0.15, 0.2) is 54.6 Å². The predicted octanol–water partition coefficient (Wildman–Crippen LogP) is 3.99. The third kappa shape index (κ3) is 1.82. The molecule has 0 saturated heterocycles. The molecule has 0 fully saturated rings. The van der Waals surface area contributed by atoms with Crippen LogP contribution >= 0.6 is 0 Å². The van der Waals surface area contributed by atoms with Gasteiger partial charge in [0.05, 0.1) is 0 Å². The van der Waals surface area contributed by atoms with Crippen molar-refractivity contribution in [1.29, 1.82) is 0 Å². The Morgan fingerprint density at radius 3 is 2.50 bits per heavy atom. The van der Waals surface area contributed by atoms with Crippen molar-refractivity contribution in [3.05, 3.63) is 65.8 Å². The lowest BCUT2D eigenvalue weighted by Crippen LogP contribution is -2.19. The highest BCUT2D eigenvalue weighted by Crippen LogP contribution is 2.28. The van der Waals surface area contributed by atoms with Crippen LogP contribution in [0.4, 0.5) is 0 Å². The molecular weight excluding hydrogens is 218 g/mol. The molecule has 0 N–H and O–H groups in total.